The van der Waals surface area contributed by atoms with Crippen molar-refractivity contribution in [2.75, 3.05) is 18.2 Å². The Hall–Kier alpha value is -0.453. The molecule has 0 aromatic heterocycles. The first-order valence-corrected chi connectivity index (χ1v) is 15.9. The highest BCUT2D eigenvalue weighted by atomic mass is 79.9. The first-order valence-electron chi connectivity index (χ1n) is 11.6. The molecule has 0 unspecified atom stereocenters. The van der Waals surface area contributed by atoms with E-state index in [9.17, 15) is 5.26 Å². The summed E-state index contributed by atoms with van der Waals surface area (Å²) in [5.74, 6) is 0.786. The number of fused-ring (bicyclic) bond motifs is 4. The number of halogens is 1. The van der Waals surface area contributed by atoms with Crippen LogP contribution in [-0.4, -0.2) is 37.9 Å². The van der Waals surface area contributed by atoms with Crippen LogP contribution in [0.1, 0.15) is 58.3 Å². The van der Waals surface area contributed by atoms with E-state index in [1.54, 1.807) is 16.7 Å². The minimum Gasteiger partial charge on any atom is -0.398 e. The van der Waals surface area contributed by atoms with Gasteiger partial charge in [0, 0.05) is 23.2 Å². The lowest BCUT2D eigenvalue weighted by Gasteiger charge is -2.51. The molecule has 1 saturated carbocycles. The summed E-state index contributed by atoms with van der Waals surface area (Å²) in [4.78, 5) is 0.872. The quantitative estimate of drug-likeness (QED) is 0.370. The molecule has 0 aromatic carbocycles. The van der Waals surface area contributed by atoms with Crippen LogP contribution >= 0.6 is 15.9 Å². The molecule has 5 aliphatic rings. The number of hydrogen-bond acceptors (Lipinski definition) is 4. The van der Waals surface area contributed by atoms with Crippen molar-refractivity contribution in [3.8, 4) is 6.07 Å². The van der Waals surface area contributed by atoms with E-state index in [-0.39, 0.29) is 11.2 Å². The molecule has 2 fully saturated rings. The highest BCUT2D eigenvalue weighted by Crippen LogP contribution is 2.64. The maximum Gasteiger partial charge on any atom is 0.199 e. The second-order valence-corrected chi connectivity index (χ2v) is 16.5. The van der Waals surface area contributed by atoms with Crippen LogP contribution in [0.3, 0.4) is 0 Å². The van der Waals surface area contributed by atoms with Crippen LogP contribution in [0.2, 0.25) is 13.1 Å². The number of hydrogen-bond donors (Lipinski definition) is 0. The van der Waals surface area contributed by atoms with Gasteiger partial charge in [-0.25, -0.2) is 0 Å². The normalized spacial score (nSPS) is 39.9. The molecule has 30 heavy (non-hydrogen) atoms. The summed E-state index contributed by atoms with van der Waals surface area (Å²) in [6.45, 7) is 8.27. The largest absolute Gasteiger partial charge is 0.398 e. The van der Waals surface area contributed by atoms with Crippen molar-refractivity contribution in [3.63, 3.8) is 0 Å². The number of nitriles is 1. The summed E-state index contributed by atoms with van der Waals surface area (Å²) in [6, 6.07) is 2.71. The molecule has 0 aromatic rings. The maximum atomic E-state index is 10.4. The molecule has 6 heteroatoms. The van der Waals surface area contributed by atoms with Gasteiger partial charge >= 0.3 is 0 Å². The Morgan fingerprint density at radius 2 is 2.00 bits per heavy atom. The molecule has 0 N–H and O–H groups in total. The zero-order valence-electron chi connectivity index (χ0n) is 18.6. The highest BCUT2D eigenvalue weighted by Gasteiger charge is 2.63. The average molecular weight is 493 g/mol. The van der Waals surface area contributed by atoms with Gasteiger partial charge in [-0.05, 0) is 74.6 Å². The zero-order chi connectivity index (χ0) is 21.2. The van der Waals surface area contributed by atoms with Gasteiger partial charge in [-0.1, -0.05) is 34.5 Å². The van der Waals surface area contributed by atoms with Gasteiger partial charge in [0.1, 0.15) is 5.60 Å². The lowest BCUT2D eigenvalue weighted by molar-refractivity contribution is -0.164. The Morgan fingerprint density at radius 1 is 1.23 bits per heavy atom. The fourth-order valence-electron chi connectivity index (χ4n) is 7.16. The molecule has 1 saturated heterocycles. The first kappa shape index (κ1) is 21.4. The van der Waals surface area contributed by atoms with Gasteiger partial charge < -0.3 is 13.9 Å². The van der Waals surface area contributed by atoms with Crippen LogP contribution in [0.25, 0.3) is 0 Å². The summed E-state index contributed by atoms with van der Waals surface area (Å²) in [7, 11) is -1.91. The molecule has 5 rings (SSSR count). The molecule has 0 bridgehead atoms. The van der Waals surface area contributed by atoms with Gasteiger partial charge in [0.2, 0.25) is 0 Å². The van der Waals surface area contributed by atoms with Crippen LogP contribution in [0, 0.1) is 28.6 Å². The van der Waals surface area contributed by atoms with E-state index in [1.165, 1.54) is 6.42 Å². The number of nitrogens with zero attached hydrogens (tertiary/aromatic N) is 1. The molecular formula is C24H34BrNO3Si. The number of allylic oxidation sites excluding steroid dienone is 3. The van der Waals surface area contributed by atoms with E-state index in [2.05, 4.69) is 48.1 Å². The predicted molar refractivity (Wildman–Crippen MR) is 122 cm³/mol. The Balaban J connectivity index is 1.46. The van der Waals surface area contributed by atoms with Crippen molar-refractivity contribution in [2.45, 2.75) is 82.8 Å². The van der Waals surface area contributed by atoms with Crippen molar-refractivity contribution in [1.82, 2.24) is 0 Å². The van der Waals surface area contributed by atoms with Gasteiger partial charge in [0.05, 0.1) is 19.3 Å². The van der Waals surface area contributed by atoms with E-state index < -0.39 is 13.9 Å². The van der Waals surface area contributed by atoms with E-state index in [0.29, 0.717) is 11.8 Å². The maximum absolute atomic E-state index is 10.4. The molecule has 4 atom stereocenters. The predicted octanol–water partition coefficient (Wildman–Crippen LogP) is 5.78. The van der Waals surface area contributed by atoms with E-state index in [0.717, 1.165) is 63.1 Å². The van der Waals surface area contributed by atoms with Crippen LogP contribution in [0.4, 0.5) is 0 Å². The van der Waals surface area contributed by atoms with Gasteiger partial charge in [-0.2, -0.15) is 5.26 Å². The summed E-state index contributed by atoms with van der Waals surface area (Å²) in [5.41, 5.74) is 4.04. The molecule has 0 radical (unpaired) electrons. The van der Waals surface area contributed by atoms with E-state index in [1.807, 2.05) is 0 Å². The summed E-state index contributed by atoms with van der Waals surface area (Å²) >= 11 is 3.64. The monoisotopic (exact) mass is 491 g/mol. The Labute approximate surface area is 190 Å². The van der Waals surface area contributed by atoms with Crippen molar-refractivity contribution in [1.29, 1.82) is 5.26 Å². The smallest absolute Gasteiger partial charge is 0.199 e. The van der Waals surface area contributed by atoms with Crippen molar-refractivity contribution >= 4 is 24.2 Å². The number of ether oxygens (including phenoxy) is 2. The van der Waals surface area contributed by atoms with Gasteiger partial charge in [0.25, 0.3) is 0 Å². The van der Waals surface area contributed by atoms with Gasteiger partial charge in [-0.15, -0.1) is 0 Å². The zero-order valence-corrected chi connectivity index (χ0v) is 21.1. The molecule has 164 valence electrons. The topological polar surface area (TPSA) is 51.5 Å². The lowest BCUT2D eigenvalue weighted by Crippen LogP contribution is -2.55. The van der Waals surface area contributed by atoms with Gasteiger partial charge in [-0.3, -0.25) is 0 Å². The molecule has 0 amide bonds. The third-order valence-electron chi connectivity index (χ3n) is 8.72. The number of rotatable bonds is 3. The van der Waals surface area contributed by atoms with Crippen molar-refractivity contribution in [3.05, 3.63) is 22.8 Å². The van der Waals surface area contributed by atoms with Crippen molar-refractivity contribution < 1.29 is 13.9 Å². The van der Waals surface area contributed by atoms with Crippen LogP contribution < -0.4 is 0 Å². The highest BCUT2D eigenvalue weighted by molar-refractivity contribution is 9.09. The van der Waals surface area contributed by atoms with Crippen molar-refractivity contribution in [2.24, 2.45) is 17.3 Å². The minimum atomic E-state index is -1.91. The van der Waals surface area contributed by atoms with E-state index >= 15 is 0 Å². The second kappa shape index (κ2) is 7.28. The van der Waals surface area contributed by atoms with E-state index in [4.69, 9.17) is 13.9 Å². The minimum absolute atomic E-state index is 0.0893. The molecular weight excluding hydrogens is 458 g/mol. The fraction of sp³-hybridized carbons (Fsp3) is 0.792. The summed E-state index contributed by atoms with van der Waals surface area (Å²) in [6.07, 6.45) is 10.8. The Morgan fingerprint density at radius 3 is 2.70 bits per heavy atom. The summed E-state index contributed by atoms with van der Waals surface area (Å²) < 4.78 is 18.8. The fourth-order valence-corrected chi connectivity index (χ4v) is 8.89. The standard InChI is InChI=1S/C24H34BrNO3Si/c1-22-9-6-19-18-7-11-24(27-12-13-28-24)14-17(18)4-5-20(19)21(22)8-10-23(22,15-26)29-30(2,3)16-25/h6,20-21H,4-5,7-14,16H2,1-3H3/t20-,21+,22+,23+/m1/s1. The molecule has 1 aliphatic heterocycles. The second-order valence-electron chi connectivity index (χ2n) is 10.9. The Kier molecular flexibility index (Phi) is 5.19. The first-order chi connectivity index (χ1) is 14.3. The number of alkyl halides is 1. The SMILES string of the molecule is C[C@]12CC=C3C4=C(CC[C@H]3[C@@H]1CC[C@@]2(C#N)O[Si](C)(C)CBr)CC1(CC4)OCCO1. The molecule has 1 heterocycles. The molecule has 4 nitrogen and oxygen atoms in total. The average Bonchev–Trinajstić information content (AvgIpc) is 3.30. The third kappa shape index (κ3) is 3.07. The molecule has 1 spiro atoms. The third-order valence-corrected chi connectivity index (χ3v) is 14.3. The van der Waals surface area contributed by atoms with Gasteiger partial charge in [0.15, 0.2) is 14.1 Å². The van der Waals surface area contributed by atoms with Crippen LogP contribution in [0.15, 0.2) is 22.8 Å². The van der Waals surface area contributed by atoms with Crippen LogP contribution in [0.5, 0.6) is 0 Å². The molecule has 4 aliphatic carbocycles. The summed E-state index contributed by atoms with van der Waals surface area (Å²) in [5, 5.41) is 10.4. The van der Waals surface area contributed by atoms with Crippen LogP contribution in [-0.2, 0) is 13.9 Å². The lowest BCUT2D eigenvalue weighted by atomic mass is 9.56. The Bertz CT molecular complexity index is 840.